The van der Waals surface area contributed by atoms with E-state index in [4.69, 9.17) is 28.7 Å². The molecule has 3 amide bonds. The lowest BCUT2D eigenvalue weighted by Crippen LogP contribution is -2.57. The van der Waals surface area contributed by atoms with Crippen molar-refractivity contribution < 1.29 is 29.4 Å². The molecule has 0 bridgehead atoms. The van der Waals surface area contributed by atoms with Gasteiger partial charge in [-0.05, 0) is 75.7 Å². The van der Waals surface area contributed by atoms with E-state index in [1.54, 1.807) is 12.1 Å². The Morgan fingerprint density at radius 1 is 0.738 bits per heavy atom. The van der Waals surface area contributed by atoms with Crippen molar-refractivity contribution in [3.05, 3.63) is 29.8 Å². The number of aromatic hydroxyl groups is 1. The molecular weight excluding hydrogens is 546 g/mol. The minimum Gasteiger partial charge on any atom is -0.508 e. The first-order chi connectivity index (χ1) is 20.0. The summed E-state index contributed by atoms with van der Waals surface area (Å²) in [5, 5.41) is 27.0. The van der Waals surface area contributed by atoms with Crippen molar-refractivity contribution in [3.8, 4) is 5.75 Å². The molecule has 0 saturated heterocycles. The lowest BCUT2D eigenvalue weighted by Gasteiger charge is -2.25. The molecule has 0 aromatic heterocycles. The molecule has 15 nitrogen and oxygen atoms in total. The molecule has 1 aromatic carbocycles. The number of nitrogens with two attached hydrogens (primary N) is 5. The van der Waals surface area contributed by atoms with Crippen molar-refractivity contribution >= 4 is 29.7 Å². The summed E-state index contributed by atoms with van der Waals surface area (Å²) >= 11 is 0. The molecule has 0 fully saturated rings. The van der Waals surface area contributed by atoms with Gasteiger partial charge in [0.2, 0.25) is 17.7 Å². The van der Waals surface area contributed by atoms with Crippen LogP contribution in [-0.2, 0) is 25.6 Å². The third-order valence-corrected chi connectivity index (χ3v) is 6.45. The van der Waals surface area contributed by atoms with Gasteiger partial charge in [-0.3, -0.25) is 19.4 Å². The summed E-state index contributed by atoms with van der Waals surface area (Å²) in [6, 6.07) is 1.60. The highest BCUT2D eigenvalue weighted by atomic mass is 16.4. The summed E-state index contributed by atoms with van der Waals surface area (Å²) in [4.78, 5) is 55.2. The number of aliphatic imine (C=N–C) groups is 1. The first kappa shape index (κ1) is 36.1. The number of carbonyl (C=O) groups excluding carboxylic acids is 3. The van der Waals surface area contributed by atoms with E-state index in [-0.39, 0.29) is 37.5 Å². The summed E-state index contributed by atoms with van der Waals surface area (Å²) < 4.78 is 0. The third-order valence-electron chi connectivity index (χ3n) is 6.45. The summed E-state index contributed by atoms with van der Waals surface area (Å²) in [7, 11) is 0. The summed E-state index contributed by atoms with van der Waals surface area (Å²) in [5.41, 5.74) is 28.4. The predicted octanol–water partition coefficient (Wildman–Crippen LogP) is -1.89. The van der Waals surface area contributed by atoms with Crippen LogP contribution in [-0.4, -0.2) is 83.7 Å². The highest BCUT2D eigenvalue weighted by Crippen LogP contribution is 2.12. The van der Waals surface area contributed by atoms with Crippen molar-refractivity contribution in [2.45, 2.75) is 82.0 Å². The molecule has 42 heavy (non-hydrogen) atoms. The molecule has 0 heterocycles. The van der Waals surface area contributed by atoms with Crippen LogP contribution in [0.5, 0.6) is 5.75 Å². The number of carboxylic acid groups (broad SMARTS) is 1. The van der Waals surface area contributed by atoms with E-state index in [9.17, 15) is 29.4 Å². The molecule has 4 atom stereocenters. The number of unbranched alkanes of at least 4 members (excludes halogenated alkanes) is 2. The van der Waals surface area contributed by atoms with Gasteiger partial charge < -0.3 is 54.8 Å². The summed E-state index contributed by atoms with van der Waals surface area (Å²) in [6.45, 7) is 1.04. The maximum absolute atomic E-state index is 13.4. The second-order valence-electron chi connectivity index (χ2n) is 10.0. The molecule has 0 saturated carbocycles. The van der Waals surface area contributed by atoms with E-state index in [2.05, 4.69) is 20.9 Å². The number of guanidine groups is 1. The van der Waals surface area contributed by atoms with Crippen molar-refractivity contribution in [1.82, 2.24) is 16.0 Å². The van der Waals surface area contributed by atoms with Crippen LogP contribution in [0.3, 0.4) is 0 Å². The van der Waals surface area contributed by atoms with Gasteiger partial charge in [-0.25, -0.2) is 4.79 Å². The van der Waals surface area contributed by atoms with Crippen LogP contribution < -0.4 is 44.6 Å². The number of phenols is 1. The van der Waals surface area contributed by atoms with Gasteiger partial charge in [-0.2, -0.15) is 0 Å². The van der Waals surface area contributed by atoms with Crippen LogP contribution in [0, 0.1) is 0 Å². The zero-order chi connectivity index (χ0) is 31.5. The Hall–Kier alpha value is -3.95. The van der Waals surface area contributed by atoms with Gasteiger partial charge in [0.05, 0.1) is 6.04 Å². The maximum Gasteiger partial charge on any atom is 0.326 e. The normalized spacial score (nSPS) is 13.7. The van der Waals surface area contributed by atoms with Gasteiger partial charge in [0.15, 0.2) is 5.96 Å². The number of carboxylic acids is 1. The second-order valence-corrected chi connectivity index (χ2v) is 10.0. The van der Waals surface area contributed by atoms with Crippen LogP contribution in [0.1, 0.15) is 56.9 Å². The Labute approximate surface area is 246 Å². The number of benzene rings is 1. The second kappa shape index (κ2) is 20.0. The van der Waals surface area contributed by atoms with Gasteiger partial charge in [-0.1, -0.05) is 18.6 Å². The summed E-state index contributed by atoms with van der Waals surface area (Å²) in [6.07, 6.45) is 3.48. The first-order valence-electron chi connectivity index (χ1n) is 14.1. The van der Waals surface area contributed by atoms with Gasteiger partial charge in [0, 0.05) is 13.0 Å². The molecule has 0 aliphatic rings. The predicted molar refractivity (Wildman–Crippen MR) is 159 cm³/mol. The number of rotatable bonds is 21. The molecule has 0 radical (unpaired) electrons. The van der Waals surface area contributed by atoms with Gasteiger partial charge in [-0.15, -0.1) is 0 Å². The molecule has 0 aliphatic carbocycles. The number of phenolic OH excluding ortho intramolecular Hbond substituents is 1. The lowest BCUT2D eigenvalue weighted by atomic mass is 10.0. The maximum atomic E-state index is 13.4. The third kappa shape index (κ3) is 14.6. The van der Waals surface area contributed by atoms with Crippen molar-refractivity contribution in [2.24, 2.45) is 33.7 Å². The fourth-order valence-electron chi connectivity index (χ4n) is 4.06. The monoisotopic (exact) mass is 593 g/mol. The number of hydrogen-bond acceptors (Lipinski definition) is 9. The fraction of sp³-hybridized carbons (Fsp3) is 0.593. The Bertz CT molecular complexity index is 1020. The highest BCUT2D eigenvalue weighted by molar-refractivity contribution is 5.94. The van der Waals surface area contributed by atoms with Crippen LogP contribution in [0.15, 0.2) is 29.3 Å². The largest absolute Gasteiger partial charge is 0.508 e. The van der Waals surface area contributed by atoms with Crippen LogP contribution in [0.4, 0.5) is 0 Å². The topological polar surface area (TPSA) is 287 Å². The quantitative estimate of drug-likeness (QED) is 0.0427. The van der Waals surface area contributed by atoms with Crippen molar-refractivity contribution in [1.29, 1.82) is 0 Å². The average Bonchev–Trinajstić information content (AvgIpc) is 2.94. The minimum absolute atomic E-state index is 0.0165. The standard InChI is InChI=1S/C27H47N9O6/c28-13-3-1-6-19(30)23(38)34-20(7-2-4-14-29)24(39)35-21(8-5-15-33-27(31)32)25(40)36-22(26(41)42)16-17-9-11-18(37)12-10-17/h9-12,19-22,37H,1-8,13-16,28-30H2,(H,34,38)(H,35,39)(H,36,40)(H,41,42)(H4,31,32,33). The number of carbonyl (C=O) groups is 4. The zero-order valence-electron chi connectivity index (χ0n) is 24.0. The van der Waals surface area contributed by atoms with Crippen LogP contribution >= 0.6 is 0 Å². The van der Waals surface area contributed by atoms with E-state index >= 15 is 0 Å². The fourth-order valence-corrected chi connectivity index (χ4v) is 4.06. The molecular formula is C27H47N9O6. The number of aliphatic carboxylic acids is 1. The smallest absolute Gasteiger partial charge is 0.326 e. The number of nitrogens with one attached hydrogen (secondary N) is 3. The molecule has 1 aromatic rings. The summed E-state index contributed by atoms with van der Waals surface area (Å²) in [5.74, 6) is -3.26. The Balaban J connectivity index is 3.06. The van der Waals surface area contributed by atoms with E-state index < -0.39 is 47.9 Å². The van der Waals surface area contributed by atoms with Gasteiger partial charge in [0.25, 0.3) is 0 Å². The van der Waals surface area contributed by atoms with E-state index in [1.807, 2.05) is 0 Å². The molecule has 0 spiro atoms. The molecule has 1 rings (SSSR count). The molecule has 4 unspecified atom stereocenters. The lowest BCUT2D eigenvalue weighted by molar-refractivity contribution is -0.142. The molecule has 236 valence electrons. The van der Waals surface area contributed by atoms with Crippen molar-refractivity contribution in [2.75, 3.05) is 19.6 Å². The van der Waals surface area contributed by atoms with Crippen molar-refractivity contribution in [3.63, 3.8) is 0 Å². The number of hydrogen-bond donors (Lipinski definition) is 10. The highest BCUT2D eigenvalue weighted by Gasteiger charge is 2.30. The Kier molecular flexibility index (Phi) is 17.2. The average molecular weight is 594 g/mol. The molecule has 15 heteroatoms. The minimum atomic E-state index is -1.31. The van der Waals surface area contributed by atoms with Crippen LogP contribution in [0.2, 0.25) is 0 Å². The molecule has 15 N–H and O–H groups in total. The van der Waals surface area contributed by atoms with E-state index in [1.165, 1.54) is 12.1 Å². The number of nitrogens with zero attached hydrogens (tertiary/aromatic N) is 1. The Morgan fingerprint density at radius 3 is 1.76 bits per heavy atom. The SMILES string of the molecule is NCCCCC(N)C(=O)NC(CCCCN)C(=O)NC(CCCN=C(N)N)C(=O)NC(Cc1ccc(O)cc1)C(=O)O. The van der Waals surface area contributed by atoms with E-state index in [0.29, 0.717) is 57.2 Å². The molecule has 0 aliphatic heterocycles. The number of amides is 3. The first-order valence-corrected chi connectivity index (χ1v) is 14.1. The van der Waals surface area contributed by atoms with Crippen LogP contribution in [0.25, 0.3) is 0 Å². The van der Waals surface area contributed by atoms with Gasteiger partial charge in [0.1, 0.15) is 23.9 Å². The van der Waals surface area contributed by atoms with E-state index in [0.717, 1.165) is 0 Å². The van der Waals surface area contributed by atoms with Gasteiger partial charge >= 0.3 is 5.97 Å². The zero-order valence-corrected chi connectivity index (χ0v) is 24.0. The Morgan fingerprint density at radius 2 is 1.24 bits per heavy atom.